The quantitative estimate of drug-likeness (QED) is 0.826. The molecule has 0 N–H and O–H groups in total. The fourth-order valence-electron chi connectivity index (χ4n) is 3.24. The molecule has 2 aromatic heterocycles. The Hall–Kier alpha value is -2.15. The minimum absolute atomic E-state index is 0.469. The van der Waals surface area contributed by atoms with Crippen LogP contribution in [0.1, 0.15) is 18.5 Å². The maximum atomic E-state index is 4.47. The number of anilines is 2. The molecule has 130 valence electrons. The van der Waals surface area contributed by atoms with Crippen LogP contribution in [0.15, 0.2) is 24.7 Å². The molecule has 1 saturated heterocycles. The third kappa shape index (κ3) is 3.67. The van der Waals surface area contributed by atoms with Gasteiger partial charge in [0.1, 0.15) is 18.0 Å². The minimum atomic E-state index is 0.469. The first-order valence-corrected chi connectivity index (χ1v) is 8.46. The van der Waals surface area contributed by atoms with Crippen molar-refractivity contribution in [3.63, 3.8) is 0 Å². The van der Waals surface area contributed by atoms with Crippen molar-refractivity contribution in [3.8, 4) is 0 Å². The zero-order valence-electron chi connectivity index (χ0n) is 15.1. The molecular weight excluding hydrogens is 302 g/mol. The molecule has 7 nitrogen and oxygen atoms in total. The predicted octanol–water partition coefficient (Wildman–Crippen LogP) is 1.38. The Morgan fingerprint density at radius 1 is 1.21 bits per heavy atom. The largest absolute Gasteiger partial charge is 0.363 e. The van der Waals surface area contributed by atoms with Crippen molar-refractivity contribution in [1.82, 2.24) is 24.6 Å². The number of hydrogen-bond donors (Lipinski definition) is 0. The highest BCUT2D eigenvalue weighted by atomic mass is 15.3. The van der Waals surface area contributed by atoms with Crippen LogP contribution in [0.4, 0.5) is 11.6 Å². The van der Waals surface area contributed by atoms with Crippen LogP contribution in [-0.2, 0) is 13.6 Å². The highest BCUT2D eigenvalue weighted by molar-refractivity contribution is 5.49. The Balaban J connectivity index is 1.67. The minimum Gasteiger partial charge on any atom is -0.363 e. The number of rotatable bonds is 5. The summed E-state index contributed by atoms with van der Waals surface area (Å²) in [6.45, 7) is 3.14. The fourth-order valence-corrected chi connectivity index (χ4v) is 3.24. The third-order valence-electron chi connectivity index (χ3n) is 4.79. The number of likely N-dealkylation sites (N-methyl/N-ethyl adjacent to an activating group) is 1. The standard InChI is InChI=1S/C17H27N7/c1-21(2)16-10-17(19-13-18-16)22(3)14-6-5-9-24(11-14)12-15-7-8-20-23(15)4/h7-8,10,13-14H,5-6,9,11-12H2,1-4H3. The molecule has 3 rings (SSSR count). The lowest BCUT2D eigenvalue weighted by molar-refractivity contribution is 0.194. The van der Waals surface area contributed by atoms with Crippen molar-refractivity contribution in [2.24, 2.45) is 7.05 Å². The summed E-state index contributed by atoms with van der Waals surface area (Å²) in [6, 6.07) is 4.62. The maximum Gasteiger partial charge on any atom is 0.134 e. The molecule has 0 aliphatic carbocycles. The SMILES string of the molecule is CN(C)c1cc(N(C)C2CCCN(Cc3ccnn3C)C2)ncn1. The molecule has 1 unspecified atom stereocenters. The lowest BCUT2D eigenvalue weighted by Crippen LogP contribution is -2.46. The molecule has 0 radical (unpaired) electrons. The average Bonchev–Trinajstić information content (AvgIpc) is 2.99. The Bertz CT molecular complexity index is 666. The zero-order chi connectivity index (χ0) is 17.1. The van der Waals surface area contributed by atoms with E-state index in [1.54, 1.807) is 6.33 Å². The highest BCUT2D eigenvalue weighted by Crippen LogP contribution is 2.22. The average molecular weight is 329 g/mol. The van der Waals surface area contributed by atoms with Crippen molar-refractivity contribution in [3.05, 3.63) is 30.4 Å². The van der Waals surface area contributed by atoms with Crippen LogP contribution in [0.25, 0.3) is 0 Å². The van der Waals surface area contributed by atoms with Gasteiger partial charge in [-0.15, -0.1) is 0 Å². The van der Waals surface area contributed by atoms with Crippen LogP contribution in [0, 0.1) is 0 Å². The Morgan fingerprint density at radius 3 is 2.71 bits per heavy atom. The number of aryl methyl sites for hydroxylation is 1. The number of likely N-dealkylation sites (tertiary alicyclic amines) is 1. The van der Waals surface area contributed by atoms with Crippen LogP contribution in [0.3, 0.4) is 0 Å². The Kier molecular flexibility index (Phi) is 4.99. The number of piperidine rings is 1. The Morgan fingerprint density at radius 2 is 2.00 bits per heavy atom. The zero-order valence-corrected chi connectivity index (χ0v) is 15.1. The lowest BCUT2D eigenvalue weighted by Gasteiger charge is -2.38. The first-order valence-electron chi connectivity index (χ1n) is 8.46. The summed E-state index contributed by atoms with van der Waals surface area (Å²) in [5.74, 6) is 1.93. The van der Waals surface area contributed by atoms with Gasteiger partial charge in [0.05, 0.1) is 5.69 Å². The van der Waals surface area contributed by atoms with Gasteiger partial charge in [0.25, 0.3) is 0 Å². The van der Waals surface area contributed by atoms with E-state index in [-0.39, 0.29) is 0 Å². The lowest BCUT2D eigenvalue weighted by atomic mass is 10.0. The molecule has 1 aliphatic rings. The second-order valence-corrected chi connectivity index (χ2v) is 6.72. The van der Waals surface area contributed by atoms with Gasteiger partial charge < -0.3 is 9.80 Å². The normalized spacial score (nSPS) is 18.6. The van der Waals surface area contributed by atoms with E-state index in [0.29, 0.717) is 6.04 Å². The van der Waals surface area contributed by atoms with Gasteiger partial charge in [-0.05, 0) is 25.5 Å². The van der Waals surface area contributed by atoms with Gasteiger partial charge >= 0.3 is 0 Å². The van der Waals surface area contributed by atoms with E-state index in [1.807, 2.05) is 36.9 Å². The molecule has 7 heteroatoms. The number of nitrogens with zero attached hydrogens (tertiary/aromatic N) is 7. The van der Waals surface area contributed by atoms with E-state index in [2.05, 4.69) is 44.0 Å². The van der Waals surface area contributed by atoms with Crippen LogP contribution < -0.4 is 9.80 Å². The van der Waals surface area contributed by atoms with Crippen LogP contribution in [0.5, 0.6) is 0 Å². The van der Waals surface area contributed by atoms with Crippen molar-refractivity contribution >= 4 is 11.6 Å². The molecule has 2 aromatic rings. The van der Waals surface area contributed by atoms with Crippen molar-refractivity contribution in [2.45, 2.75) is 25.4 Å². The Labute approximate surface area is 143 Å². The fraction of sp³-hybridized carbons (Fsp3) is 0.588. The van der Waals surface area contributed by atoms with Crippen molar-refractivity contribution in [1.29, 1.82) is 0 Å². The third-order valence-corrected chi connectivity index (χ3v) is 4.79. The first-order chi connectivity index (χ1) is 11.5. The molecule has 0 spiro atoms. The van der Waals surface area contributed by atoms with E-state index >= 15 is 0 Å². The summed E-state index contributed by atoms with van der Waals surface area (Å²) in [5.41, 5.74) is 1.26. The summed E-state index contributed by atoms with van der Waals surface area (Å²) in [7, 11) is 8.15. The predicted molar refractivity (Wildman–Crippen MR) is 96.3 cm³/mol. The topological polar surface area (TPSA) is 53.3 Å². The molecular formula is C17H27N7. The van der Waals surface area contributed by atoms with Crippen LogP contribution in [-0.4, -0.2) is 64.9 Å². The van der Waals surface area contributed by atoms with E-state index < -0.39 is 0 Å². The molecule has 0 saturated carbocycles. The smallest absolute Gasteiger partial charge is 0.134 e. The van der Waals surface area contributed by atoms with Gasteiger partial charge in [0.2, 0.25) is 0 Å². The summed E-state index contributed by atoms with van der Waals surface area (Å²) >= 11 is 0. The number of aromatic nitrogens is 4. The van der Waals surface area contributed by atoms with Crippen LogP contribution >= 0.6 is 0 Å². The summed E-state index contributed by atoms with van der Waals surface area (Å²) < 4.78 is 1.96. The maximum absolute atomic E-state index is 4.47. The van der Waals surface area contributed by atoms with Gasteiger partial charge in [-0.1, -0.05) is 0 Å². The van der Waals surface area contributed by atoms with Gasteiger partial charge in [0, 0.05) is 59.6 Å². The summed E-state index contributed by atoms with van der Waals surface area (Å²) in [4.78, 5) is 15.6. The van der Waals surface area contributed by atoms with Gasteiger partial charge in [-0.2, -0.15) is 5.10 Å². The molecule has 3 heterocycles. The molecule has 24 heavy (non-hydrogen) atoms. The number of hydrogen-bond acceptors (Lipinski definition) is 6. The monoisotopic (exact) mass is 329 g/mol. The summed E-state index contributed by atoms with van der Waals surface area (Å²) in [5, 5.41) is 4.27. The summed E-state index contributed by atoms with van der Waals surface area (Å²) in [6.07, 6.45) is 5.92. The van der Waals surface area contributed by atoms with Gasteiger partial charge in [-0.3, -0.25) is 9.58 Å². The first kappa shape index (κ1) is 16.7. The second-order valence-electron chi connectivity index (χ2n) is 6.72. The molecule has 1 atom stereocenters. The van der Waals surface area contributed by atoms with E-state index in [1.165, 1.54) is 18.5 Å². The second kappa shape index (κ2) is 7.17. The van der Waals surface area contributed by atoms with E-state index in [9.17, 15) is 0 Å². The molecule has 0 amide bonds. The van der Waals surface area contributed by atoms with Crippen molar-refractivity contribution < 1.29 is 0 Å². The highest BCUT2D eigenvalue weighted by Gasteiger charge is 2.25. The van der Waals surface area contributed by atoms with E-state index in [4.69, 9.17) is 0 Å². The van der Waals surface area contributed by atoms with Crippen molar-refractivity contribution in [2.75, 3.05) is 44.0 Å². The molecule has 0 bridgehead atoms. The van der Waals surface area contributed by atoms with Gasteiger partial charge in [0.15, 0.2) is 0 Å². The molecule has 1 fully saturated rings. The molecule has 0 aromatic carbocycles. The molecule has 1 aliphatic heterocycles. The van der Waals surface area contributed by atoms with E-state index in [0.717, 1.165) is 31.3 Å². The van der Waals surface area contributed by atoms with Gasteiger partial charge in [-0.25, -0.2) is 9.97 Å². The van der Waals surface area contributed by atoms with Crippen LogP contribution in [0.2, 0.25) is 0 Å².